The first kappa shape index (κ1) is 6.45. The molecule has 1 heterocycles. The van der Waals surface area contributed by atoms with Gasteiger partial charge in [-0.15, -0.1) is 0 Å². The monoisotopic (exact) mass is 127 g/mol. The number of ether oxygens (including phenoxy) is 1. The summed E-state index contributed by atoms with van der Waals surface area (Å²) in [5.74, 6) is 0. The maximum atomic E-state index is 5.03. The first-order valence-electron chi connectivity index (χ1n) is 2.95. The molecule has 0 aliphatic carbocycles. The molecule has 2 atom stereocenters. The topological polar surface area (TPSA) is 26.0 Å². The van der Waals surface area contributed by atoms with Crippen LogP contribution in [0, 0.1) is 0 Å². The Bertz CT molecular complexity index is 130. The molecule has 3 nitrogen and oxygen atoms in total. The van der Waals surface area contributed by atoms with Crippen LogP contribution in [0.25, 0.3) is 0 Å². The minimum atomic E-state index is 0.125. The molecule has 1 aliphatic heterocycles. The van der Waals surface area contributed by atoms with Crippen molar-refractivity contribution in [3.63, 3.8) is 0 Å². The van der Waals surface area contributed by atoms with E-state index in [0.29, 0.717) is 0 Å². The van der Waals surface area contributed by atoms with Gasteiger partial charge < -0.3 is 4.74 Å². The SMILES string of the molecule is COC(C)[NH+]1C=CC=N1. The Kier molecular flexibility index (Phi) is 1.97. The lowest BCUT2D eigenvalue weighted by Gasteiger charge is -2.10. The summed E-state index contributed by atoms with van der Waals surface area (Å²) in [7, 11) is 1.68. The molecule has 1 aliphatic rings. The molecule has 1 N–H and O–H groups in total. The number of rotatable bonds is 2. The van der Waals surface area contributed by atoms with Crippen LogP contribution in [0.1, 0.15) is 6.92 Å². The highest BCUT2D eigenvalue weighted by molar-refractivity contribution is 5.70. The molecule has 0 amide bonds. The lowest BCUT2D eigenvalue weighted by atomic mass is 10.6. The average Bonchev–Trinajstić information content (AvgIpc) is 2.37. The van der Waals surface area contributed by atoms with Crippen molar-refractivity contribution >= 4 is 6.21 Å². The summed E-state index contributed by atoms with van der Waals surface area (Å²) in [6.07, 6.45) is 5.75. The summed E-state index contributed by atoms with van der Waals surface area (Å²) < 4.78 is 5.03. The Labute approximate surface area is 54.6 Å². The van der Waals surface area contributed by atoms with Crippen LogP contribution in [0.2, 0.25) is 0 Å². The minimum absolute atomic E-state index is 0.125. The average molecular weight is 127 g/mol. The number of hydrogen-bond donors (Lipinski definition) is 1. The number of nitrogens with zero attached hydrogens (tertiary/aromatic N) is 1. The molecule has 0 aromatic rings. The second-order valence-electron chi connectivity index (χ2n) is 1.94. The lowest BCUT2D eigenvalue weighted by Crippen LogP contribution is -3.06. The van der Waals surface area contributed by atoms with Crippen molar-refractivity contribution in [2.45, 2.75) is 13.2 Å². The molecule has 3 heteroatoms. The maximum absolute atomic E-state index is 5.03. The van der Waals surface area contributed by atoms with Gasteiger partial charge in [0.05, 0.1) is 6.21 Å². The van der Waals surface area contributed by atoms with E-state index in [4.69, 9.17) is 4.74 Å². The van der Waals surface area contributed by atoms with Crippen molar-refractivity contribution in [1.29, 1.82) is 0 Å². The standard InChI is InChI=1S/C6H10N2O/c1-6(9-2)8-5-3-4-7-8/h3-6H,1-2H3/p+1. The molecule has 0 aromatic carbocycles. The Morgan fingerprint density at radius 1 is 1.67 bits per heavy atom. The third-order valence-electron chi connectivity index (χ3n) is 1.35. The summed E-state index contributed by atoms with van der Waals surface area (Å²) in [6.45, 7) is 1.97. The Morgan fingerprint density at radius 3 is 2.89 bits per heavy atom. The first-order valence-corrected chi connectivity index (χ1v) is 2.95. The molecular weight excluding hydrogens is 116 g/mol. The molecule has 50 valence electrons. The molecule has 2 unspecified atom stereocenters. The van der Waals surface area contributed by atoms with Crippen LogP contribution in [-0.2, 0) is 4.74 Å². The fourth-order valence-corrected chi connectivity index (χ4v) is 0.675. The van der Waals surface area contributed by atoms with Gasteiger partial charge in [0.15, 0.2) is 0 Å². The molecule has 1 rings (SSSR count). The zero-order valence-corrected chi connectivity index (χ0v) is 5.66. The van der Waals surface area contributed by atoms with Crippen LogP contribution < -0.4 is 5.01 Å². The third-order valence-corrected chi connectivity index (χ3v) is 1.35. The smallest absolute Gasteiger partial charge is 0.216 e. The predicted octanol–water partition coefficient (Wildman–Crippen LogP) is -0.623. The highest BCUT2D eigenvalue weighted by atomic mass is 16.5. The highest BCUT2D eigenvalue weighted by Crippen LogP contribution is 1.77. The third kappa shape index (κ3) is 1.37. The van der Waals surface area contributed by atoms with Crippen LogP contribution in [-0.4, -0.2) is 19.6 Å². The van der Waals surface area contributed by atoms with Gasteiger partial charge in [-0.05, 0) is 0 Å². The second-order valence-corrected chi connectivity index (χ2v) is 1.94. The number of methoxy groups -OCH3 is 1. The van der Waals surface area contributed by atoms with E-state index in [2.05, 4.69) is 5.10 Å². The van der Waals surface area contributed by atoms with Crippen LogP contribution in [0.5, 0.6) is 0 Å². The van der Waals surface area contributed by atoms with Crippen molar-refractivity contribution in [1.82, 2.24) is 0 Å². The Balaban J connectivity index is 2.43. The van der Waals surface area contributed by atoms with Crippen molar-refractivity contribution < 1.29 is 9.75 Å². The van der Waals surface area contributed by atoms with E-state index >= 15 is 0 Å². The van der Waals surface area contributed by atoms with Crippen LogP contribution >= 0.6 is 0 Å². The van der Waals surface area contributed by atoms with Gasteiger partial charge >= 0.3 is 0 Å². The number of allylic oxidation sites excluding steroid dienone is 1. The number of hydrogen-bond acceptors (Lipinski definition) is 2. The molecular formula is C6H11N2O+. The highest BCUT2D eigenvalue weighted by Gasteiger charge is 2.13. The minimum Gasteiger partial charge on any atom is -0.330 e. The van der Waals surface area contributed by atoms with Crippen molar-refractivity contribution in [3.05, 3.63) is 12.3 Å². The van der Waals surface area contributed by atoms with Crippen LogP contribution in [0.3, 0.4) is 0 Å². The zero-order chi connectivity index (χ0) is 6.69. The van der Waals surface area contributed by atoms with E-state index in [-0.39, 0.29) is 6.23 Å². The summed E-state index contributed by atoms with van der Waals surface area (Å²) in [4.78, 5) is 0. The maximum Gasteiger partial charge on any atom is 0.216 e. The number of quaternary nitrogens is 1. The van der Waals surface area contributed by atoms with Gasteiger partial charge in [0, 0.05) is 20.1 Å². The fraction of sp³-hybridized carbons (Fsp3) is 0.500. The van der Waals surface area contributed by atoms with Gasteiger partial charge in [-0.1, -0.05) is 5.10 Å². The predicted molar refractivity (Wildman–Crippen MR) is 35.1 cm³/mol. The molecule has 0 bridgehead atoms. The summed E-state index contributed by atoms with van der Waals surface area (Å²) in [5.41, 5.74) is 0. The Hall–Kier alpha value is -0.670. The van der Waals surface area contributed by atoms with Gasteiger partial charge in [-0.25, -0.2) is 0 Å². The molecule has 0 saturated carbocycles. The lowest BCUT2D eigenvalue weighted by molar-refractivity contribution is -0.901. The van der Waals surface area contributed by atoms with Gasteiger partial charge in [0.1, 0.15) is 6.20 Å². The van der Waals surface area contributed by atoms with E-state index in [1.165, 1.54) is 0 Å². The van der Waals surface area contributed by atoms with E-state index in [1.54, 1.807) is 13.3 Å². The van der Waals surface area contributed by atoms with Gasteiger partial charge in [-0.3, -0.25) is 0 Å². The molecule has 0 aromatic heterocycles. The van der Waals surface area contributed by atoms with Gasteiger partial charge in [0.25, 0.3) is 0 Å². The van der Waals surface area contributed by atoms with Crippen LogP contribution in [0.15, 0.2) is 17.4 Å². The molecule has 0 radical (unpaired) electrons. The van der Waals surface area contributed by atoms with E-state index in [9.17, 15) is 0 Å². The van der Waals surface area contributed by atoms with Crippen molar-refractivity contribution in [3.8, 4) is 0 Å². The molecule has 9 heavy (non-hydrogen) atoms. The molecule has 0 saturated heterocycles. The Morgan fingerprint density at radius 2 is 2.44 bits per heavy atom. The van der Waals surface area contributed by atoms with Gasteiger partial charge in [-0.2, -0.15) is 5.01 Å². The summed E-state index contributed by atoms with van der Waals surface area (Å²) in [5, 5.41) is 5.06. The molecule has 0 fully saturated rings. The second kappa shape index (κ2) is 2.75. The summed E-state index contributed by atoms with van der Waals surface area (Å²) in [6, 6.07) is 0. The van der Waals surface area contributed by atoms with Crippen molar-refractivity contribution in [2.24, 2.45) is 5.10 Å². The fourth-order valence-electron chi connectivity index (χ4n) is 0.675. The number of nitrogens with one attached hydrogen (secondary N) is 1. The normalized spacial score (nSPS) is 27.1. The summed E-state index contributed by atoms with van der Waals surface area (Å²) >= 11 is 0. The quantitative estimate of drug-likeness (QED) is 0.525. The van der Waals surface area contributed by atoms with Crippen molar-refractivity contribution in [2.75, 3.05) is 7.11 Å². The van der Waals surface area contributed by atoms with Gasteiger partial charge in [0.2, 0.25) is 6.23 Å². The zero-order valence-electron chi connectivity index (χ0n) is 5.66. The van der Waals surface area contributed by atoms with E-state index in [1.807, 2.05) is 19.2 Å². The van der Waals surface area contributed by atoms with E-state index < -0.39 is 0 Å². The first-order chi connectivity index (χ1) is 4.34. The largest absolute Gasteiger partial charge is 0.330 e. The molecule has 0 spiro atoms. The van der Waals surface area contributed by atoms with Crippen LogP contribution in [0.4, 0.5) is 0 Å². The van der Waals surface area contributed by atoms with E-state index in [0.717, 1.165) is 5.01 Å².